The van der Waals surface area contributed by atoms with E-state index in [4.69, 9.17) is 0 Å². The summed E-state index contributed by atoms with van der Waals surface area (Å²) >= 11 is 0. The fraction of sp³-hybridized carbons (Fsp3) is 0.136. The van der Waals surface area contributed by atoms with Crippen LogP contribution in [0.4, 0.5) is 5.69 Å². The number of aromatic nitrogens is 1. The lowest BCUT2D eigenvalue weighted by atomic mass is 9.82. The summed E-state index contributed by atoms with van der Waals surface area (Å²) < 4.78 is 1.92. The number of nitrogens with zero attached hydrogens (tertiary/aromatic N) is 2. The van der Waals surface area contributed by atoms with E-state index in [1.165, 1.54) is 24.3 Å². The molecule has 0 amide bonds. The zero-order chi connectivity index (χ0) is 20.0. The van der Waals surface area contributed by atoms with E-state index in [1.54, 1.807) is 6.07 Å². The van der Waals surface area contributed by atoms with Gasteiger partial charge >= 0.3 is 0 Å². The molecule has 1 aliphatic carbocycles. The Bertz CT molecular complexity index is 1120. The number of hydrogen-bond donors (Lipinski definition) is 2. The van der Waals surface area contributed by atoms with Crippen LogP contribution in [-0.4, -0.2) is 35.9 Å². The van der Waals surface area contributed by atoms with E-state index in [0.29, 0.717) is 12.1 Å². The highest BCUT2D eigenvalue weighted by Crippen LogP contribution is 2.37. The van der Waals surface area contributed by atoms with Crippen LogP contribution < -0.4 is 9.47 Å². The molecule has 28 heavy (non-hydrogen) atoms. The molecule has 3 aromatic rings. The van der Waals surface area contributed by atoms with E-state index in [1.807, 2.05) is 48.1 Å². The van der Waals surface area contributed by atoms with E-state index in [2.05, 4.69) is 0 Å². The fourth-order valence-corrected chi connectivity index (χ4v) is 3.50. The summed E-state index contributed by atoms with van der Waals surface area (Å²) in [6.45, 7) is 0.433. The number of phenols is 2. The lowest BCUT2D eigenvalue weighted by molar-refractivity contribution is -0.688. The predicted molar refractivity (Wildman–Crippen MR) is 103 cm³/mol. The van der Waals surface area contributed by atoms with E-state index in [-0.39, 0.29) is 39.5 Å². The molecule has 0 radical (unpaired) electrons. The third kappa shape index (κ3) is 2.79. The molecule has 0 spiro atoms. The summed E-state index contributed by atoms with van der Waals surface area (Å²) in [5.74, 6) is -1.45. The van der Waals surface area contributed by atoms with Crippen LogP contribution in [0.1, 0.15) is 37.4 Å². The molecule has 0 saturated heterocycles. The van der Waals surface area contributed by atoms with Gasteiger partial charge in [0, 0.05) is 48.6 Å². The Labute approximate surface area is 161 Å². The van der Waals surface area contributed by atoms with Crippen LogP contribution in [0.15, 0.2) is 54.9 Å². The molecule has 4 rings (SSSR count). The first kappa shape index (κ1) is 17.7. The van der Waals surface area contributed by atoms with Gasteiger partial charge in [-0.3, -0.25) is 9.59 Å². The van der Waals surface area contributed by atoms with E-state index in [9.17, 15) is 19.8 Å². The topological polar surface area (TPSA) is 81.7 Å². The number of pyridine rings is 1. The van der Waals surface area contributed by atoms with Gasteiger partial charge in [0.15, 0.2) is 24.7 Å². The van der Waals surface area contributed by atoms with E-state index in [0.717, 1.165) is 5.69 Å². The van der Waals surface area contributed by atoms with Crippen molar-refractivity contribution in [2.75, 3.05) is 19.0 Å². The van der Waals surface area contributed by atoms with Crippen LogP contribution in [0, 0.1) is 0 Å². The number of hydrogen-bond acceptors (Lipinski definition) is 5. The van der Waals surface area contributed by atoms with Crippen molar-refractivity contribution in [1.29, 1.82) is 0 Å². The minimum Gasteiger partial charge on any atom is -0.507 e. The summed E-state index contributed by atoms with van der Waals surface area (Å²) in [5.41, 5.74) is 1.94. The smallest absolute Gasteiger partial charge is 0.201 e. The number of ketones is 2. The van der Waals surface area contributed by atoms with Crippen LogP contribution in [0.2, 0.25) is 0 Å². The van der Waals surface area contributed by atoms with Crippen molar-refractivity contribution in [2.24, 2.45) is 0 Å². The molecule has 1 aliphatic rings. The fourth-order valence-electron chi connectivity index (χ4n) is 3.50. The molecular weight excluding hydrogens is 356 g/mol. The standard InChI is InChI=1S/C22H18N2O4/c1-23(2)14-6-8-24(9-7-14)12-13-10-16-20(18(26)11-13)22(28)19-15(21(16)27)4-3-5-17(19)25/h3-11H,12H2,1-2H3,(H-,25,26,28)/p+1. The molecule has 1 heterocycles. The second-order valence-electron chi connectivity index (χ2n) is 7.02. The highest BCUT2D eigenvalue weighted by molar-refractivity contribution is 6.30. The minimum absolute atomic E-state index is 0.0586. The van der Waals surface area contributed by atoms with Crippen molar-refractivity contribution in [3.63, 3.8) is 0 Å². The summed E-state index contributed by atoms with van der Waals surface area (Å²) in [6.07, 6.45) is 3.82. The molecule has 140 valence electrons. The molecule has 0 unspecified atom stereocenters. The highest BCUT2D eigenvalue weighted by atomic mass is 16.3. The Morgan fingerprint density at radius 3 is 2.21 bits per heavy atom. The van der Waals surface area contributed by atoms with Crippen molar-refractivity contribution >= 4 is 17.3 Å². The van der Waals surface area contributed by atoms with Crippen molar-refractivity contribution in [2.45, 2.75) is 6.54 Å². The Morgan fingerprint density at radius 1 is 0.857 bits per heavy atom. The van der Waals surface area contributed by atoms with Crippen LogP contribution in [0.5, 0.6) is 11.5 Å². The lowest BCUT2D eigenvalue weighted by Gasteiger charge is -2.19. The minimum atomic E-state index is -0.547. The Morgan fingerprint density at radius 2 is 1.54 bits per heavy atom. The number of carbonyl (C=O) groups excluding carboxylic acids is 2. The zero-order valence-corrected chi connectivity index (χ0v) is 15.5. The number of aromatic hydroxyl groups is 2. The number of fused-ring (bicyclic) bond motifs is 2. The first-order valence-electron chi connectivity index (χ1n) is 8.80. The molecule has 0 saturated carbocycles. The van der Waals surface area contributed by atoms with Gasteiger partial charge in [-0.1, -0.05) is 12.1 Å². The third-order valence-corrected chi connectivity index (χ3v) is 4.92. The SMILES string of the molecule is CN(C)c1cc[n+](Cc2cc(O)c3c(c2)C(=O)c2cccc(O)c2C3=O)cc1. The molecule has 2 N–H and O–H groups in total. The maximum absolute atomic E-state index is 12.9. The Hall–Kier alpha value is -3.67. The van der Waals surface area contributed by atoms with Gasteiger partial charge in [-0.25, -0.2) is 4.57 Å². The number of benzene rings is 2. The van der Waals surface area contributed by atoms with Gasteiger partial charge in [-0.2, -0.15) is 0 Å². The molecule has 6 heteroatoms. The number of carbonyl (C=O) groups is 2. The maximum atomic E-state index is 12.9. The van der Waals surface area contributed by atoms with Gasteiger partial charge in [0.05, 0.1) is 11.1 Å². The van der Waals surface area contributed by atoms with Gasteiger partial charge in [0.25, 0.3) is 0 Å². The quantitative estimate of drug-likeness (QED) is 0.537. The van der Waals surface area contributed by atoms with Gasteiger partial charge in [-0.15, -0.1) is 0 Å². The van der Waals surface area contributed by atoms with Crippen LogP contribution in [0.3, 0.4) is 0 Å². The third-order valence-electron chi connectivity index (χ3n) is 4.92. The predicted octanol–water partition coefficient (Wildman–Crippen LogP) is 2.28. The van der Waals surface area contributed by atoms with Crippen molar-refractivity contribution in [3.05, 3.63) is 82.7 Å². The van der Waals surface area contributed by atoms with Crippen molar-refractivity contribution < 1.29 is 24.4 Å². The summed E-state index contributed by atoms with van der Waals surface area (Å²) in [5, 5.41) is 20.5. The van der Waals surface area contributed by atoms with Crippen LogP contribution >= 0.6 is 0 Å². The summed E-state index contributed by atoms with van der Waals surface area (Å²) in [7, 11) is 3.92. The van der Waals surface area contributed by atoms with E-state index < -0.39 is 5.78 Å². The second-order valence-corrected chi connectivity index (χ2v) is 7.02. The molecule has 0 fully saturated rings. The Balaban J connectivity index is 1.75. The van der Waals surface area contributed by atoms with Gasteiger partial charge in [-0.05, 0) is 18.2 Å². The number of rotatable bonds is 3. The van der Waals surface area contributed by atoms with Crippen LogP contribution in [-0.2, 0) is 6.54 Å². The highest BCUT2D eigenvalue weighted by Gasteiger charge is 2.34. The first-order valence-corrected chi connectivity index (χ1v) is 8.80. The monoisotopic (exact) mass is 375 g/mol. The maximum Gasteiger partial charge on any atom is 0.201 e. The van der Waals surface area contributed by atoms with Gasteiger partial charge in [0.1, 0.15) is 11.5 Å². The average Bonchev–Trinajstić information content (AvgIpc) is 2.66. The van der Waals surface area contributed by atoms with E-state index >= 15 is 0 Å². The Kier molecular flexibility index (Phi) is 4.11. The number of phenolic OH excluding ortho intramolecular Hbond substituents is 2. The largest absolute Gasteiger partial charge is 0.507 e. The van der Waals surface area contributed by atoms with Crippen LogP contribution in [0.25, 0.3) is 0 Å². The molecule has 6 nitrogen and oxygen atoms in total. The second kappa shape index (κ2) is 6.49. The van der Waals surface area contributed by atoms with Gasteiger partial charge in [0.2, 0.25) is 5.78 Å². The van der Waals surface area contributed by atoms with Crippen molar-refractivity contribution in [3.8, 4) is 11.5 Å². The molecule has 0 bridgehead atoms. The first-order chi connectivity index (χ1) is 13.4. The molecule has 0 aliphatic heterocycles. The molecule has 2 aromatic carbocycles. The summed E-state index contributed by atoms with van der Waals surface area (Å²) in [4.78, 5) is 27.7. The van der Waals surface area contributed by atoms with Crippen molar-refractivity contribution in [1.82, 2.24) is 0 Å². The molecule has 1 aromatic heterocycles. The lowest BCUT2D eigenvalue weighted by Crippen LogP contribution is -2.33. The van der Waals surface area contributed by atoms with Gasteiger partial charge < -0.3 is 15.1 Å². The average molecular weight is 375 g/mol. The normalized spacial score (nSPS) is 12.5. The zero-order valence-electron chi connectivity index (χ0n) is 15.5. The summed E-state index contributed by atoms with van der Waals surface area (Å²) in [6, 6.07) is 11.4. The molecular formula is C22H19N2O4+. The number of anilines is 1. The molecule has 0 atom stereocenters.